The average Bonchev–Trinajstić information content (AvgIpc) is 2.29. The lowest BCUT2D eigenvalue weighted by Gasteiger charge is -2.42. The zero-order chi connectivity index (χ0) is 11.6. The minimum absolute atomic E-state index is 0.535. The van der Waals surface area contributed by atoms with Crippen molar-refractivity contribution in [2.24, 2.45) is 11.3 Å². The fourth-order valence-corrected chi connectivity index (χ4v) is 3.59. The molecule has 0 N–H and O–H groups in total. The van der Waals surface area contributed by atoms with E-state index in [0.717, 1.165) is 12.0 Å². The first-order valence-electron chi connectivity index (χ1n) is 7.31. The van der Waals surface area contributed by atoms with Crippen LogP contribution in [0.15, 0.2) is 0 Å². The molecule has 94 valence electrons. The number of likely N-dealkylation sites (tertiary alicyclic amines) is 1. The fraction of sp³-hybridized carbons (Fsp3) is 1.00. The normalized spacial score (nSPS) is 33.9. The summed E-state index contributed by atoms with van der Waals surface area (Å²) < 4.78 is 0. The van der Waals surface area contributed by atoms with Crippen molar-refractivity contribution in [3.63, 3.8) is 0 Å². The Labute approximate surface area is 102 Å². The number of hydrogen-bond acceptors (Lipinski definition) is 1. The Hall–Kier alpha value is -0.0400. The monoisotopic (exact) mass is 223 g/mol. The first-order chi connectivity index (χ1) is 7.57. The van der Waals surface area contributed by atoms with Crippen LogP contribution in [-0.4, -0.2) is 24.0 Å². The zero-order valence-electron chi connectivity index (χ0n) is 11.5. The van der Waals surface area contributed by atoms with E-state index >= 15 is 0 Å². The van der Waals surface area contributed by atoms with Crippen LogP contribution in [0, 0.1) is 11.3 Å². The molecule has 0 unspecified atom stereocenters. The highest BCUT2D eigenvalue weighted by molar-refractivity contribution is 4.85. The van der Waals surface area contributed by atoms with Crippen LogP contribution in [0.1, 0.15) is 65.7 Å². The van der Waals surface area contributed by atoms with E-state index in [1.165, 1.54) is 58.0 Å². The fourth-order valence-electron chi connectivity index (χ4n) is 3.59. The molecule has 1 heteroatoms. The second-order valence-electron chi connectivity index (χ2n) is 6.97. The molecular weight excluding hydrogens is 194 g/mol. The minimum Gasteiger partial charge on any atom is -0.300 e. The van der Waals surface area contributed by atoms with Crippen LogP contribution >= 0.6 is 0 Å². The van der Waals surface area contributed by atoms with Crippen LogP contribution in [-0.2, 0) is 0 Å². The number of hydrogen-bond donors (Lipinski definition) is 0. The van der Waals surface area contributed by atoms with Crippen molar-refractivity contribution in [1.82, 2.24) is 4.90 Å². The summed E-state index contributed by atoms with van der Waals surface area (Å²) in [6.07, 6.45) is 10.2. The van der Waals surface area contributed by atoms with Crippen LogP contribution in [0.3, 0.4) is 0 Å². The summed E-state index contributed by atoms with van der Waals surface area (Å²) in [4.78, 5) is 2.78. The standard InChI is InChI=1S/C15H29N/c1-15(2,3)13-7-9-14(10-8-13)16-11-5-4-6-12-16/h13-14H,4-12H2,1-3H3. The Morgan fingerprint density at radius 2 is 1.38 bits per heavy atom. The largest absolute Gasteiger partial charge is 0.300 e. The molecule has 1 aliphatic heterocycles. The van der Waals surface area contributed by atoms with Gasteiger partial charge in [-0.1, -0.05) is 27.2 Å². The van der Waals surface area contributed by atoms with Crippen molar-refractivity contribution in [3.05, 3.63) is 0 Å². The molecule has 2 fully saturated rings. The SMILES string of the molecule is CC(C)(C)C1CCC(N2CCCCC2)CC1. The molecule has 1 nitrogen and oxygen atoms in total. The van der Waals surface area contributed by atoms with E-state index in [1.54, 1.807) is 0 Å². The van der Waals surface area contributed by atoms with E-state index in [-0.39, 0.29) is 0 Å². The van der Waals surface area contributed by atoms with E-state index in [1.807, 2.05) is 0 Å². The van der Waals surface area contributed by atoms with Gasteiger partial charge in [0.15, 0.2) is 0 Å². The van der Waals surface area contributed by atoms with Gasteiger partial charge in [-0.3, -0.25) is 0 Å². The van der Waals surface area contributed by atoms with Crippen molar-refractivity contribution in [3.8, 4) is 0 Å². The van der Waals surface area contributed by atoms with Crippen LogP contribution in [0.25, 0.3) is 0 Å². The number of nitrogens with zero attached hydrogens (tertiary/aromatic N) is 1. The average molecular weight is 223 g/mol. The molecule has 1 saturated carbocycles. The Balaban J connectivity index is 1.80. The number of piperidine rings is 1. The van der Waals surface area contributed by atoms with Crippen LogP contribution in [0.2, 0.25) is 0 Å². The lowest BCUT2D eigenvalue weighted by molar-refractivity contribution is 0.0830. The van der Waals surface area contributed by atoms with Crippen molar-refractivity contribution >= 4 is 0 Å². The van der Waals surface area contributed by atoms with Gasteiger partial charge in [-0.15, -0.1) is 0 Å². The molecule has 0 aromatic rings. The summed E-state index contributed by atoms with van der Waals surface area (Å²) >= 11 is 0. The number of rotatable bonds is 1. The van der Waals surface area contributed by atoms with Gasteiger partial charge in [-0.2, -0.15) is 0 Å². The van der Waals surface area contributed by atoms with E-state index in [0.29, 0.717) is 5.41 Å². The summed E-state index contributed by atoms with van der Waals surface area (Å²) in [5.41, 5.74) is 0.535. The third kappa shape index (κ3) is 3.00. The molecule has 0 radical (unpaired) electrons. The van der Waals surface area contributed by atoms with Gasteiger partial charge >= 0.3 is 0 Å². The molecule has 2 rings (SSSR count). The molecule has 0 amide bonds. The van der Waals surface area contributed by atoms with Gasteiger partial charge in [-0.25, -0.2) is 0 Å². The predicted octanol–water partition coefficient (Wildman–Crippen LogP) is 4.08. The van der Waals surface area contributed by atoms with Crippen LogP contribution in [0.5, 0.6) is 0 Å². The smallest absolute Gasteiger partial charge is 0.00954 e. The first-order valence-corrected chi connectivity index (χ1v) is 7.31. The minimum atomic E-state index is 0.535. The van der Waals surface area contributed by atoms with Gasteiger partial charge in [0.05, 0.1) is 0 Å². The summed E-state index contributed by atoms with van der Waals surface area (Å²) in [6.45, 7) is 10.0. The van der Waals surface area contributed by atoms with Gasteiger partial charge in [0.1, 0.15) is 0 Å². The Morgan fingerprint density at radius 1 is 0.812 bits per heavy atom. The molecule has 2 aliphatic rings. The third-order valence-electron chi connectivity index (χ3n) is 4.83. The maximum absolute atomic E-state index is 2.78. The quantitative estimate of drug-likeness (QED) is 0.647. The third-order valence-corrected chi connectivity index (χ3v) is 4.83. The summed E-state index contributed by atoms with van der Waals surface area (Å²) in [5, 5.41) is 0. The molecule has 0 bridgehead atoms. The first kappa shape index (κ1) is 12.4. The van der Waals surface area contributed by atoms with E-state index in [2.05, 4.69) is 25.7 Å². The van der Waals surface area contributed by atoms with Gasteiger partial charge in [0.2, 0.25) is 0 Å². The lowest BCUT2D eigenvalue weighted by Crippen LogP contribution is -2.42. The zero-order valence-corrected chi connectivity index (χ0v) is 11.5. The second-order valence-corrected chi connectivity index (χ2v) is 6.97. The molecule has 1 heterocycles. The predicted molar refractivity (Wildman–Crippen MR) is 70.6 cm³/mol. The highest BCUT2D eigenvalue weighted by atomic mass is 15.2. The van der Waals surface area contributed by atoms with Crippen LogP contribution in [0.4, 0.5) is 0 Å². The Kier molecular flexibility index (Phi) is 3.94. The highest BCUT2D eigenvalue weighted by Crippen LogP contribution is 2.39. The van der Waals surface area contributed by atoms with Gasteiger partial charge in [-0.05, 0) is 62.9 Å². The Morgan fingerprint density at radius 3 is 1.88 bits per heavy atom. The molecule has 0 aromatic carbocycles. The van der Waals surface area contributed by atoms with Crippen molar-refractivity contribution < 1.29 is 0 Å². The van der Waals surface area contributed by atoms with Crippen molar-refractivity contribution in [1.29, 1.82) is 0 Å². The molecule has 0 spiro atoms. The van der Waals surface area contributed by atoms with Crippen molar-refractivity contribution in [2.45, 2.75) is 71.8 Å². The van der Waals surface area contributed by atoms with Gasteiger partial charge < -0.3 is 4.90 Å². The van der Waals surface area contributed by atoms with Crippen LogP contribution < -0.4 is 0 Å². The second kappa shape index (κ2) is 5.08. The molecule has 0 aromatic heterocycles. The molecule has 0 atom stereocenters. The van der Waals surface area contributed by atoms with Crippen molar-refractivity contribution in [2.75, 3.05) is 13.1 Å². The van der Waals surface area contributed by atoms with E-state index < -0.39 is 0 Å². The maximum Gasteiger partial charge on any atom is 0.00954 e. The summed E-state index contributed by atoms with van der Waals surface area (Å²) in [7, 11) is 0. The summed E-state index contributed by atoms with van der Waals surface area (Å²) in [6, 6.07) is 0.930. The van der Waals surface area contributed by atoms with Gasteiger partial charge in [0, 0.05) is 6.04 Å². The Bertz CT molecular complexity index is 202. The highest BCUT2D eigenvalue weighted by Gasteiger charge is 2.32. The molecule has 16 heavy (non-hydrogen) atoms. The topological polar surface area (TPSA) is 3.24 Å². The maximum atomic E-state index is 2.78. The van der Waals surface area contributed by atoms with Gasteiger partial charge in [0.25, 0.3) is 0 Å². The molecule has 1 aliphatic carbocycles. The lowest BCUT2D eigenvalue weighted by atomic mass is 9.71. The summed E-state index contributed by atoms with van der Waals surface area (Å²) in [5.74, 6) is 0.966. The molecule has 1 saturated heterocycles. The van der Waals surface area contributed by atoms with E-state index in [4.69, 9.17) is 0 Å². The van der Waals surface area contributed by atoms with E-state index in [9.17, 15) is 0 Å². The molecular formula is C15H29N.